The van der Waals surface area contributed by atoms with Gasteiger partial charge in [-0.15, -0.1) is 0 Å². The molecule has 1 aromatic heterocycles. The average molecular weight is 370 g/mol. The molecule has 0 radical (unpaired) electrons. The van der Waals surface area contributed by atoms with E-state index in [9.17, 15) is 0 Å². The standard InChI is InChI=1S/C24H24N3O/c1-17-14-18(2)23(19(3)15-17)26-16-27(21-8-6-5-7-9-21)25-24(26)20-10-12-22(28-4)13-11-20/h5-16H,1-4H3/q+1. The number of ether oxygens (including phenoxy) is 1. The highest BCUT2D eigenvalue weighted by Gasteiger charge is 2.24. The summed E-state index contributed by atoms with van der Waals surface area (Å²) in [4.78, 5) is 0. The van der Waals surface area contributed by atoms with Gasteiger partial charge in [0.25, 0.3) is 0 Å². The minimum atomic E-state index is 0.834. The quantitative estimate of drug-likeness (QED) is 0.486. The zero-order valence-corrected chi connectivity index (χ0v) is 16.7. The number of aromatic nitrogens is 3. The molecule has 0 amide bonds. The maximum atomic E-state index is 5.31. The van der Waals surface area contributed by atoms with Crippen LogP contribution in [0.1, 0.15) is 16.7 Å². The smallest absolute Gasteiger partial charge is 0.314 e. The van der Waals surface area contributed by atoms with Crippen molar-refractivity contribution in [3.63, 3.8) is 0 Å². The molecule has 0 bridgehead atoms. The molecule has 0 N–H and O–H groups in total. The summed E-state index contributed by atoms with van der Waals surface area (Å²) in [5.41, 5.74) is 6.95. The van der Waals surface area contributed by atoms with Crippen LogP contribution in [0, 0.1) is 20.8 Å². The van der Waals surface area contributed by atoms with Gasteiger partial charge in [-0.05, 0) is 68.3 Å². The SMILES string of the molecule is COc1ccc(-c2nn(-c3ccccc3)c[n+]2-c2c(C)cc(C)cc2C)cc1. The predicted molar refractivity (Wildman–Crippen MR) is 111 cm³/mol. The lowest BCUT2D eigenvalue weighted by atomic mass is 10.0. The molecule has 1 heterocycles. The lowest BCUT2D eigenvalue weighted by molar-refractivity contribution is -0.585. The van der Waals surface area contributed by atoms with E-state index in [4.69, 9.17) is 9.84 Å². The Labute approximate surface area is 165 Å². The van der Waals surface area contributed by atoms with E-state index in [1.54, 1.807) is 7.11 Å². The molecular formula is C24H24N3O+. The largest absolute Gasteiger partial charge is 0.497 e. The molecule has 0 aliphatic heterocycles. The Kier molecular flexibility index (Phi) is 4.70. The molecule has 0 unspecified atom stereocenters. The Morgan fingerprint density at radius 1 is 0.857 bits per heavy atom. The number of hydrogen-bond donors (Lipinski definition) is 0. The minimum absolute atomic E-state index is 0.834. The lowest BCUT2D eigenvalue weighted by Gasteiger charge is -2.09. The maximum absolute atomic E-state index is 5.31. The summed E-state index contributed by atoms with van der Waals surface area (Å²) in [7, 11) is 1.68. The first kappa shape index (κ1) is 18.0. The monoisotopic (exact) mass is 370 g/mol. The zero-order chi connectivity index (χ0) is 19.7. The van der Waals surface area contributed by atoms with E-state index in [-0.39, 0.29) is 0 Å². The highest BCUT2D eigenvalue weighted by Crippen LogP contribution is 2.23. The van der Waals surface area contributed by atoms with E-state index >= 15 is 0 Å². The second kappa shape index (κ2) is 7.31. The number of rotatable bonds is 4. The number of aryl methyl sites for hydroxylation is 3. The van der Waals surface area contributed by atoms with Crippen LogP contribution >= 0.6 is 0 Å². The number of para-hydroxylation sites is 1. The minimum Gasteiger partial charge on any atom is -0.497 e. The summed E-state index contributed by atoms with van der Waals surface area (Å²) < 4.78 is 9.42. The first-order valence-corrected chi connectivity index (χ1v) is 9.36. The highest BCUT2D eigenvalue weighted by atomic mass is 16.5. The zero-order valence-electron chi connectivity index (χ0n) is 16.7. The van der Waals surface area contributed by atoms with Gasteiger partial charge >= 0.3 is 5.82 Å². The Hall–Kier alpha value is -3.40. The normalized spacial score (nSPS) is 10.9. The van der Waals surface area contributed by atoms with Gasteiger partial charge < -0.3 is 4.74 Å². The third-order valence-corrected chi connectivity index (χ3v) is 4.90. The first-order chi connectivity index (χ1) is 13.6. The van der Waals surface area contributed by atoms with Gasteiger partial charge in [0, 0.05) is 0 Å². The molecule has 28 heavy (non-hydrogen) atoms. The van der Waals surface area contributed by atoms with Gasteiger partial charge in [-0.2, -0.15) is 4.57 Å². The number of methoxy groups -OCH3 is 1. The number of benzene rings is 3. The fourth-order valence-electron chi connectivity index (χ4n) is 3.70. The van der Waals surface area contributed by atoms with Gasteiger partial charge in [-0.3, -0.25) is 0 Å². The highest BCUT2D eigenvalue weighted by molar-refractivity contribution is 5.55. The van der Waals surface area contributed by atoms with Crippen molar-refractivity contribution in [3.8, 4) is 28.5 Å². The third kappa shape index (κ3) is 3.29. The molecule has 4 rings (SSSR count). The molecule has 3 aromatic carbocycles. The van der Waals surface area contributed by atoms with Crippen molar-refractivity contribution >= 4 is 0 Å². The van der Waals surface area contributed by atoms with Crippen molar-refractivity contribution in [1.29, 1.82) is 0 Å². The van der Waals surface area contributed by atoms with E-state index < -0.39 is 0 Å². The van der Waals surface area contributed by atoms with E-state index in [0.717, 1.165) is 22.8 Å². The van der Waals surface area contributed by atoms with Crippen LogP contribution in [0.2, 0.25) is 0 Å². The van der Waals surface area contributed by atoms with Crippen LogP contribution in [0.3, 0.4) is 0 Å². The Morgan fingerprint density at radius 2 is 1.50 bits per heavy atom. The summed E-state index contributed by atoms with van der Waals surface area (Å²) in [5.74, 6) is 1.72. The van der Waals surface area contributed by atoms with Crippen LogP contribution in [0.25, 0.3) is 22.8 Å². The van der Waals surface area contributed by atoms with Crippen LogP contribution < -0.4 is 9.30 Å². The fourth-order valence-corrected chi connectivity index (χ4v) is 3.70. The topological polar surface area (TPSA) is 30.9 Å². The summed E-state index contributed by atoms with van der Waals surface area (Å²) in [6.07, 6.45) is 2.06. The summed E-state index contributed by atoms with van der Waals surface area (Å²) in [5, 5.41) is 4.93. The van der Waals surface area contributed by atoms with Crippen molar-refractivity contribution in [1.82, 2.24) is 9.78 Å². The molecule has 0 atom stereocenters. The molecule has 0 aliphatic rings. The van der Waals surface area contributed by atoms with Crippen LogP contribution in [0.4, 0.5) is 0 Å². The van der Waals surface area contributed by atoms with Gasteiger partial charge in [-0.25, -0.2) is 0 Å². The summed E-state index contributed by atoms with van der Waals surface area (Å²) >= 11 is 0. The second-order valence-electron chi connectivity index (χ2n) is 7.07. The van der Waals surface area contributed by atoms with Crippen molar-refractivity contribution in [2.24, 2.45) is 0 Å². The number of hydrogen-bond acceptors (Lipinski definition) is 2. The van der Waals surface area contributed by atoms with E-state index in [2.05, 4.69) is 55.9 Å². The molecule has 4 aromatic rings. The second-order valence-corrected chi connectivity index (χ2v) is 7.07. The predicted octanol–water partition coefficient (Wildman–Crippen LogP) is 4.75. The summed E-state index contributed by atoms with van der Waals surface area (Å²) in [6, 6.07) is 22.6. The van der Waals surface area contributed by atoms with E-state index in [1.807, 2.05) is 47.1 Å². The lowest BCUT2D eigenvalue weighted by Crippen LogP contribution is -2.33. The maximum Gasteiger partial charge on any atom is 0.314 e. The van der Waals surface area contributed by atoms with Crippen LogP contribution in [0.15, 0.2) is 73.1 Å². The van der Waals surface area contributed by atoms with Crippen molar-refractivity contribution in [2.45, 2.75) is 20.8 Å². The van der Waals surface area contributed by atoms with Crippen molar-refractivity contribution in [3.05, 3.63) is 89.7 Å². The molecule has 0 saturated heterocycles. The van der Waals surface area contributed by atoms with Crippen LogP contribution in [-0.2, 0) is 0 Å². The van der Waals surface area contributed by atoms with Gasteiger partial charge in [0.2, 0.25) is 6.33 Å². The molecule has 4 heteroatoms. The summed E-state index contributed by atoms with van der Waals surface area (Å²) in [6.45, 7) is 6.44. The molecule has 0 saturated carbocycles. The molecule has 140 valence electrons. The van der Waals surface area contributed by atoms with Gasteiger partial charge in [0.05, 0.1) is 17.8 Å². The van der Waals surface area contributed by atoms with Gasteiger partial charge in [-0.1, -0.05) is 40.6 Å². The first-order valence-electron chi connectivity index (χ1n) is 9.36. The average Bonchev–Trinajstić information content (AvgIpc) is 3.13. The van der Waals surface area contributed by atoms with Gasteiger partial charge in [0.1, 0.15) is 17.1 Å². The Morgan fingerprint density at radius 3 is 2.11 bits per heavy atom. The molecular weight excluding hydrogens is 346 g/mol. The molecule has 4 nitrogen and oxygen atoms in total. The Balaban J connectivity index is 1.95. The van der Waals surface area contributed by atoms with Crippen LogP contribution in [-0.4, -0.2) is 16.9 Å². The van der Waals surface area contributed by atoms with Gasteiger partial charge in [0.15, 0.2) is 0 Å². The van der Waals surface area contributed by atoms with E-state index in [0.29, 0.717) is 0 Å². The van der Waals surface area contributed by atoms with Crippen molar-refractivity contribution < 1.29 is 9.30 Å². The Bertz CT molecular complexity index is 1090. The van der Waals surface area contributed by atoms with Crippen LogP contribution in [0.5, 0.6) is 5.75 Å². The number of nitrogens with zero attached hydrogens (tertiary/aromatic N) is 3. The third-order valence-electron chi connectivity index (χ3n) is 4.90. The van der Waals surface area contributed by atoms with E-state index in [1.165, 1.54) is 22.4 Å². The molecule has 0 aliphatic carbocycles. The van der Waals surface area contributed by atoms with Crippen molar-refractivity contribution in [2.75, 3.05) is 7.11 Å². The molecule has 0 spiro atoms. The fraction of sp³-hybridized carbons (Fsp3) is 0.167. The molecule has 0 fully saturated rings.